The molecule has 0 aliphatic carbocycles. The van der Waals surface area contributed by atoms with E-state index in [0.29, 0.717) is 0 Å². The van der Waals surface area contributed by atoms with E-state index in [0.717, 1.165) is 0 Å². The molecular formula is C8H2F5NO5. The zero-order valence-electron chi connectivity index (χ0n) is 8.49. The first-order valence-corrected chi connectivity index (χ1v) is 4.21. The van der Waals surface area contributed by atoms with Crippen molar-refractivity contribution in [3.63, 3.8) is 0 Å². The third-order valence-corrected chi connectivity index (χ3v) is 1.86. The molecule has 0 spiro atoms. The Bertz CT molecular complexity index is 561. The molecule has 104 valence electrons. The summed E-state index contributed by atoms with van der Waals surface area (Å²) in [5.41, 5.74) is -3.94. The lowest BCUT2D eigenvalue weighted by Crippen LogP contribution is -2.14. The van der Waals surface area contributed by atoms with Gasteiger partial charge in [-0.25, -0.2) is 9.18 Å². The maximum Gasteiger partial charge on any atom is 0.387 e. The van der Waals surface area contributed by atoms with E-state index in [9.17, 15) is 36.9 Å². The summed E-state index contributed by atoms with van der Waals surface area (Å²) in [4.78, 5) is 19.2. The summed E-state index contributed by atoms with van der Waals surface area (Å²) in [6.45, 7) is -3.79. The van der Waals surface area contributed by atoms with Gasteiger partial charge < -0.3 is 9.84 Å². The number of carboxylic acid groups (broad SMARTS) is 1. The smallest absolute Gasteiger partial charge is 0.387 e. The molecule has 1 aromatic rings. The SMILES string of the molecule is O=C(O)c1c(F)c(OC(F)F)c(F)c(F)c1[N+](=O)[O-]. The van der Waals surface area contributed by atoms with Crippen molar-refractivity contribution in [1.82, 2.24) is 0 Å². The number of nitro groups is 1. The summed E-state index contributed by atoms with van der Waals surface area (Å²) in [5.74, 6) is -11.5. The molecule has 0 bridgehead atoms. The molecule has 0 aliphatic rings. The Hall–Kier alpha value is -2.46. The van der Waals surface area contributed by atoms with Crippen LogP contribution in [0.15, 0.2) is 0 Å². The van der Waals surface area contributed by atoms with Crippen molar-refractivity contribution in [2.45, 2.75) is 6.61 Å². The number of halogens is 5. The first-order chi connectivity index (χ1) is 8.68. The monoisotopic (exact) mass is 287 g/mol. The lowest BCUT2D eigenvalue weighted by molar-refractivity contribution is -0.388. The molecule has 0 radical (unpaired) electrons. The number of nitro benzene ring substituents is 1. The molecule has 0 saturated carbocycles. The highest BCUT2D eigenvalue weighted by molar-refractivity contribution is 5.93. The quantitative estimate of drug-likeness (QED) is 0.397. The number of hydrogen-bond acceptors (Lipinski definition) is 4. The van der Waals surface area contributed by atoms with Crippen LogP contribution in [0.4, 0.5) is 27.6 Å². The Labute approximate surface area is 99.7 Å². The lowest BCUT2D eigenvalue weighted by atomic mass is 10.1. The number of aromatic carboxylic acids is 1. The summed E-state index contributed by atoms with van der Waals surface area (Å²) < 4.78 is 66.7. The van der Waals surface area contributed by atoms with Crippen molar-refractivity contribution in [2.24, 2.45) is 0 Å². The molecular weight excluding hydrogens is 285 g/mol. The number of carboxylic acids is 1. The molecule has 11 heteroatoms. The molecule has 0 aromatic heterocycles. The Morgan fingerprint density at radius 2 is 1.74 bits per heavy atom. The molecule has 0 saturated heterocycles. The van der Waals surface area contributed by atoms with E-state index in [2.05, 4.69) is 4.74 Å². The van der Waals surface area contributed by atoms with Crippen LogP contribution in [0.25, 0.3) is 0 Å². The lowest BCUT2D eigenvalue weighted by Gasteiger charge is -2.10. The average molecular weight is 287 g/mol. The highest BCUT2D eigenvalue weighted by Crippen LogP contribution is 2.36. The van der Waals surface area contributed by atoms with Gasteiger partial charge in [0.15, 0.2) is 11.4 Å². The van der Waals surface area contributed by atoms with Crippen LogP contribution in [0.5, 0.6) is 5.75 Å². The van der Waals surface area contributed by atoms with Gasteiger partial charge in [0.2, 0.25) is 17.4 Å². The van der Waals surface area contributed by atoms with E-state index < -0.39 is 52.0 Å². The zero-order valence-corrected chi connectivity index (χ0v) is 8.49. The fourth-order valence-corrected chi connectivity index (χ4v) is 1.19. The van der Waals surface area contributed by atoms with Crippen LogP contribution in [0, 0.1) is 27.6 Å². The van der Waals surface area contributed by atoms with Crippen LogP contribution in [0.3, 0.4) is 0 Å². The Balaban J connectivity index is 3.73. The van der Waals surface area contributed by atoms with Crippen LogP contribution in [0.1, 0.15) is 10.4 Å². The van der Waals surface area contributed by atoms with Gasteiger partial charge in [-0.1, -0.05) is 0 Å². The molecule has 0 atom stereocenters. The molecule has 1 rings (SSSR count). The van der Waals surface area contributed by atoms with Crippen molar-refractivity contribution < 1.29 is 41.5 Å². The number of ether oxygens (including phenoxy) is 1. The van der Waals surface area contributed by atoms with Crippen LogP contribution < -0.4 is 4.74 Å². The van der Waals surface area contributed by atoms with Crippen molar-refractivity contribution in [2.75, 3.05) is 0 Å². The minimum atomic E-state index is -3.79. The van der Waals surface area contributed by atoms with Crippen LogP contribution in [-0.4, -0.2) is 22.6 Å². The highest BCUT2D eigenvalue weighted by atomic mass is 19.3. The second-order valence-electron chi connectivity index (χ2n) is 2.94. The van der Waals surface area contributed by atoms with Crippen LogP contribution >= 0.6 is 0 Å². The Morgan fingerprint density at radius 1 is 1.21 bits per heavy atom. The normalized spacial score (nSPS) is 10.6. The van der Waals surface area contributed by atoms with E-state index in [-0.39, 0.29) is 0 Å². The van der Waals surface area contributed by atoms with E-state index in [1.807, 2.05) is 0 Å². The van der Waals surface area contributed by atoms with Gasteiger partial charge >= 0.3 is 18.3 Å². The van der Waals surface area contributed by atoms with Gasteiger partial charge in [0.05, 0.1) is 4.92 Å². The number of rotatable bonds is 4. The summed E-state index contributed by atoms with van der Waals surface area (Å²) in [5, 5.41) is 18.9. The first-order valence-electron chi connectivity index (χ1n) is 4.21. The molecule has 19 heavy (non-hydrogen) atoms. The van der Waals surface area contributed by atoms with Crippen molar-refractivity contribution in [1.29, 1.82) is 0 Å². The van der Waals surface area contributed by atoms with Gasteiger partial charge in [0, 0.05) is 0 Å². The van der Waals surface area contributed by atoms with Crippen molar-refractivity contribution in [3.8, 4) is 5.75 Å². The molecule has 1 N–H and O–H groups in total. The van der Waals surface area contributed by atoms with E-state index in [1.165, 1.54) is 0 Å². The topological polar surface area (TPSA) is 89.7 Å². The van der Waals surface area contributed by atoms with E-state index >= 15 is 0 Å². The van der Waals surface area contributed by atoms with Gasteiger partial charge in [-0.3, -0.25) is 10.1 Å². The summed E-state index contributed by atoms with van der Waals surface area (Å²) >= 11 is 0. The highest BCUT2D eigenvalue weighted by Gasteiger charge is 2.37. The number of hydrogen-bond donors (Lipinski definition) is 1. The molecule has 0 unspecified atom stereocenters. The maximum atomic E-state index is 13.4. The molecule has 0 fully saturated rings. The number of benzene rings is 1. The third kappa shape index (κ3) is 2.53. The van der Waals surface area contributed by atoms with Crippen LogP contribution in [-0.2, 0) is 0 Å². The molecule has 0 aliphatic heterocycles. The largest absolute Gasteiger partial charge is 0.477 e. The first kappa shape index (κ1) is 14.6. The number of carbonyl (C=O) groups is 1. The zero-order chi connectivity index (χ0) is 14.9. The van der Waals surface area contributed by atoms with Gasteiger partial charge in [0.1, 0.15) is 0 Å². The predicted molar refractivity (Wildman–Crippen MR) is 46.6 cm³/mol. The van der Waals surface area contributed by atoms with Gasteiger partial charge in [-0.05, 0) is 0 Å². The number of nitrogens with zero attached hydrogens (tertiary/aromatic N) is 1. The minimum absolute atomic E-state index is 1.70. The fourth-order valence-electron chi connectivity index (χ4n) is 1.19. The maximum absolute atomic E-state index is 13.4. The summed E-state index contributed by atoms with van der Waals surface area (Å²) in [6.07, 6.45) is 0. The Morgan fingerprint density at radius 3 is 2.11 bits per heavy atom. The standard InChI is InChI=1S/C8H2F5NO5/c9-2-1(7(15)16)5(14(17)18)3(10)4(11)6(2)19-8(12)13/h8H,(H,15,16). The van der Waals surface area contributed by atoms with Gasteiger partial charge in [-0.15, -0.1) is 0 Å². The van der Waals surface area contributed by atoms with E-state index in [4.69, 9.17) is 5.11 Å². The second kappa shape index (κ2) is 5.04. The third-order valence-electron chi connectivity index (χ3n) is 1.86. The molecule has 6 nitrogen and oxygen atoms in total. The molecule has 0 amide bonds. The van der Waals surface area contributed by atoms with Crippen LogP contribution in [0.2, 0.25) is 0 Å². The molecule has 1 aromatic carbocycles. The average Bonchev–Trinajstić information content (AvgIpc) is 2.27. The predicted octanol–water partition coefficient (Wildman–Crippen LogP) is 2.31. The second-order valence-corrected chi connectivity index (χ2v) is 2.94. The molecule has 0 heterocycles. The summed E-state index contributed by atoms with van der Waals surface area (Å²) in [6, 6.07) is 0. The summed E-state index contributed by atoms with van der Waals surface area (Å²) in [7, 11) is 0. The van der Waals surface area contributed by atoms with E-state index in [1.54, 1.807) is 0 Å². The van der Waals surface area contributed by atoms with Gasteiger partial charge in [0.25, 0.3) is 0 Å². The van der Waals surface area contributed by atoms with Crippen molar-refractivity contribution >= 4 is 11.7 Å². The number of alkyl halides is 2. The van der Waals surface area contributed by atoms with Gasteiger partial charge in [-0.2, -0.15) is 17.6 Å². The minimum Gasteiger partial charge on any atom is -0.477 e. The fraction of sp³-hybridized carbons (Fsp3) is 0.125. The Kier molecular flexibility index (Phi) is 3.87. The van der Waals surface area contributed by atoms with Crippen molar-refractivity contribution in [3.05, 3.63) is 33.1 Å².